The summed E-state index contributed by atoms with van der Waals surface area (Å²) in [5.41, 5.74) is 5.46. The van der Waals surface area contributed by atoms with Gasteiger partial charge in [-0.15, -0.1) is 0 Å². The molecule has 0 saturated heterocycles. The van der Waals surface area contributed by atoms with Gasteiger partial charge in [0, 0.05) is 0 Å². The lowest BCUT2D eigenvalue weighted by Gasteiger charge is -1.98. The van der Waals surface area contributed by atoms with Crippen LogP contribution in [0.1, 0.15) is 10.9 Å². The second-order valence-corrected chi connectivity index (χ2v) is 2.71. The molecule has 0 aliphatic rings. The van der Waals surface area contributed by atoms with E-state index in [1.807, 2.05) is 0 Å². The first-order chi connectivity index (χ1) is 4.72. The molecule has 1 rings (SSSR count). The molecule has 1 aromatic heterocycles. The van der Waals surface area contributed by atoms with Gasteiger partial charge in [0.25, 0.3) is 0 Å². The van der Waals surface area contributed by atoms with Crippen molar-refractivity contribution in [3.63, 3.8) is 0 Å². The predicted molar refractivity (Wildman–Crippen MR) is 40.8 cm³/mol. The maximum Gasteiger partial charge on any atom is 0.236 e. The lowest BCUT2D eigenvalue weighted by Crippen LogP contribution is -2.17. The van der Waals surface area contributed by atoms with Gasteiger partial charge >= 0.3 is 0 Å². The van der Waals surface area contributed by atoms with Crippen molar-refractivity contribution in [1.82, 2.24) is 8.75 Å². The molecule has 0 radical (unpaired) electrons. The third-order valence-corrected chi connectivity index (χ3v) is 1.94. The number of rotatable bonds is 2. The number of carbonyl (C=O) groups is 1. The Hall–Kier alpha value is -0.620. The molecule has 10 heavy (non-hydrogen) atoms. The maximum absolute atomic E-state index is 10.5. The van der Waals surface area contributed by atoms with Gasteiger partial charge in [-0.2, -0.15) is 21.4 Å². The van der Waals surface area contributed by atoms with E-state index in [0.29, 0.717) is 5.69 Å². The van der Waals surface area contributed by atoms with Crippen LogP contribution in [0.3, 0.4) is 0 Å². The van der Waals surface area contributed by atoms with Crippen LogP contribution in [0.25, 0.3) is 0 Å². The Balaban J connectivity index is 2.77. The average Bonchev–Trinajstić information content (AvgIpc) is 2.36. The summed E-state index contributed by atoms with van der Waals surface area (Å²) in [5, 5.41) is -0.626. The van der Waals surface area contributed by atoms with E-state index in [1.165, 1.54) is 6.20 Å². The largest absolute Gasteiger partial charge is 0.368 e. The number of hydrogen-bond donors (Lipinski definition) is 2. The molecule has 0 bridgehead atoms. The number of primary amides is 1. The van der Waals surface area contributed by atoms with Crippen molar-refractivity contribution in [2.45, 2.75) is 5.25 Å². The van der Waals surface area contributed by atoms with Gasteiger partial charge < -0.3 is 5.73 Å². The van der Waals surface area contributed by atoms with E-state index >= 15 is 0 Å². The van der Waals surface area contributed by atoms with Crippen molar-refractivity contribution < 1.29 is 4.79 Å². The Bertz CT molecular complexity index is 222. The standard InChI is InChI=1S/C4H5N3OS2/c5-4(8)3(9)2-1-6-10-7-2/h1,3,9H,(H2,5,8). The number of nitrogens with zero attached hydrogens (tertiary/aromatic N) is 2. The highest BCUT2D eigenvalue weighted by atomic mass is 32.1. The molecule has 0 aliphatic heterocycles. The molecular formula is C4H5N3OS2. The smallest absolute Gasteiger partial charge is 0.236 e. The zero-order valence-electron chi connectivity index (χ0n) is 4.89. The first kappa shape index (κ1) is 7.49. The molecule has 1 aromatic rings. The van der Waals surface area contributed by atoms with Crippen LogP contribution in [0.4, 0.5) is 0 Å². The van der Waals surface area contributed by atoms with Crippen LogP contribution in [0.2, 0.25) is 0 Å². The lowest BCUT2D eigenvalue weighted by atomic mass is 10.3. The zero-order chi connectivity index (χ0) is 7.56. The maximum atomic E-state index is 10.5. The van der Waals surface area contributed by atoms with E-state index in [-0.39, 0.29) is 0 Å². The minimum absolute atomic E-state index is 0.504. The van der Waals surface area contributed by atoms with E-state index in [9.17, 15) is 4.79 Å². The fourth-order valence-electron chi connectivity index (χ4n) is 0.438. The van der Waals surface area contributed by atoms with Crippen LogP contribution in [-0.2, 0) is 4.79 Å². The normalized spacial score (nSPS) is 12.9. The van der Waals surface area contributed by atoms with Gasteiger partial charge in [-0.05, 0) is 0 Å². The molecule has 4 nitrogen and oxygen atoms in total. The van der Waals surface area contributed by atoms with Crippen molar-refractivity contribution in [1.29, 1.82) is 0 Å². The molecule has 2 N–H and O–H groups in total. The predicted octanol–water partition coefficient (Wildman–Crippen LogP) is -0.00570. The molecule has 54 valence electrons. The fraction of sp³-hybridized carbons (Fsp3) is 0.250. The molecule has 1 atom stereocenters. The number of hydrogen-bond acceptors (Lipinski definition) is 5. The molecular weight excluding hydrogens is 170 g/mol. The Kier molecular flexibility index (Phi) is 2.23. The van der Waals surface area contributed by atoms with Crippen molar-refractivity contribution in [3.8, 4) is 0 Å². The molecule has 1 unspecified atom stereocenters. The summed E-state index contributed by atoms with van der Waals surface area (Å²) in [5.74, 6) is -0.504. The Morgan fingerprint density at radius 3 is 3.00 bits per heavy atom. The third kappa shape index (κ3) is 1.45. The molecule has 0 saturated carbocycles. The summed E-state index contributed by atoms with van der Waals surface area (Å²) in [6.07, 6.45) is 1.48. The highest BCUT2D eigenvalue weighted by Gasteiger charge is 2.14. The second kappa shape index (κ2) is 2.98. The highest BCUT2D eigenvalue weighted by molar-refractivity contribution is 7.81. The molecule has 0 aromatic carbocycles. The Morgan fingerprint density at radius 2 is 2.60 bits per heavy atom. The van der Waals surface area contributed by atoms with Gasteiger partial charge in [0.2, 0.25) is 5.91 Å². The Morgan fingerprint density at radius 1 is 1.90 bits per heavy atom. The van der Waals surface area contributed by atoms with Gasteiger partial charge in [0.05, 0.1) is 23.6 Å². The number of thiol groups is 1. The minimum Gasteiger partial charge on any atom is -0.368 e. The molecule has 1 heterocycles. The lowest BCUT2D eigenvalue weighted by molar-refractivity contribution is -0.117. The fourth-order valence-corrected chi connectivity index (χ4v) is 1.09. The second-order valence-electron chi connectivity index (χ2n) is 1.64. The topological polar surface area (TPSA) is 68.9 Å². The van der Waals surface area contributed by atoms with Gasteiger partial charge in [0.15, 0.2) is 0 Å². The van der Waals surface area contributed by atoms with Gasteiger partial charge in [-0.25, -0.2) is 0 Å². The van der Waals surface area contributed by atoms with Crippen molar-refractivity contribution in [2.24, 2.45) is 5.73 Å². The van der Waals surface area contributed by atoms with Gasteiger partial charge in [-0.1, -0.05) is 0 Å². The highest BCUT2D eigenvalue weighted by Crippen LogP contribution is 2.16. The van der Waals surface area contributed by atoms with Crippen molar-refractivity contribution in [3.05, 3.63) is 11.9 Å². The molecule has 0 aliphatic carbocycles. The minimum atomic E-state index is -0.626. The van der Waals surface area contributed by atoms with Gasteiger partial charge in [-0.3, -0.25) is 4.79 Å². The van der Waals surface area contributed by atoms with Crippen LogP contribution in [-0.4, -0.2) is 14.7 Å². The van der Waals surface area contributed by atoms with Crippen LogP contribution in [0.15, 0.2) is 6.20 Å². The zero-order valence-corrected chi connectivity index (χ0v) is 6.60. The first-order valence-electron chi connectivity index (χ1n) is 2.46. The van der Waals surface area contributed by atoms with Crippen LogP contribution >= 0.6 is 24.4 Å². The van der Waals surface area contributed by atoms with Crippen molar-refractivity contribution in [2.75, 3.05) is 0 Å². The van der Waals surface area contributed by atoms with Crippen LogP contribution in [0, 0.1) is 0 Å². The van der Waals surface area contributed by atoms with E-state index in [1.54, 1.807) is 0 Å². The molecule has 0 spiro atoms. The summed E-state index contributed by atoms with van der Waals surface area (Å²) in [6, 6.07) is 0. The third-order valence-electron chi connectivity index (χ3n) is 0.928. The van der Waals surface area contributed by atoms with Crippen LogP contribution < -0.4 is 5.73 Å². The quantitative estimate of drug-likeness (QED) is 0.621. The van der Waals surface area contributed by atoms with Crippen LogP contribution in [0.5, 0.6) is 0 Å². The van der Waals surface area contributed by atoms with E-state index in [2.05, 4.69) is 21.4 Å². The average molecular weight is 175 g/mol. The summed E-state index contributed by atoms with van der Waals surface area (Å²) in [6.45, 7) is 0. The number of carbonyl (C=O) groups excluding carboxylic acids is 1. The number of amides is 1. The number of nitrogens with two attached hydrogens (primary N) is 1. The van der Waals surface area contributed by atoms with Crippen molar-refractivity contribution >= 4 is 30.3 Å². The monoisotopic (exact) mass is 175 g/mol. The summed E-state index contributed by atoms with van der Waals surface area (Å²) in [7, 11) is 0. The summed E-state index contributed by atoms with van der Waals surface area (Å²) in [4.78, 5) is 10.5. The van der Waals surface area contributed by atoms with E-state index < -0.39 is 11.2 Å². The summed E-state index contributed by atoms with van der Waals surface area (Å²) >= 11 is 4.94. The Labute approximate surface area is 67.2 Å². The first-order valence-corrected chi connectivity index (χ1v) is 3.71. The summed E-state index contributed by atoms with van der Waals surface area (Å²) < 4.78 is 7.49. The van der Waals surface area contributed by atoms with Gasteiger partial charge in [0.1, 0.15) is 5.25 Å². The molecule has 0 fully saturated rings. The van der Waals surface area contributed by atoms with E-state index in [4.69, 9.17) is 5.73 Å². The van der Waals surface area contributed by atoms with E-state index in [0.717, 1.165) is 11.7 Å². The molecule has 1 amide bonds. The molecule has 6 heteroatoms. The number of aromatic nitrogens is 2. The SMILES string of the molecule is NC(=O)C(S)c1cnsn1.